The Hall–Kier alpha value is -1.92. The number of hydrogen-bond donors (Lipinski definition) is 1. The molecule has 3 aliphatic rings. The van der Waals surface area contributed by atoms with Gasteiger partial charge in [0.15, 0.2) is 5.82 Å². The lowest BCUT2D eigenvalue weighted by Gasteiger charge is -2.21. The number of rotatable bonds is 3. The van der Waals surface area contributed by atoms with E-state index >= 15 is 0 Å². The molecule has 1 aliphatic carbocycles. The van der Waals surface area contributed by atoms with Gasteiger partial charge in [-0.1, -0.05) is 6.07 Å². The lowest BCUT2D eigenvalue weighted by molar-refractivity contribution is 0.0804. The van der Waals surface area contributed by atoms with Crippen LogP contribution in [0.25, 0.3) is 0 Å². The van der Waals surface area contributed by atoms with Gasteiger partial charge in [0.25, 0.3) is 0 Å². The summed E-state index contributed by atoms with van der Waals surface area (Å²) in [5, 5.41) is 12.3. The monoisotopic (exact) mass is 340 g/mol. The van der Waals surface area contributed by atoms with Crippen LogP contribution >= 0.6 is 0 Å². The van der Waals surface area contributed by atoms with Gasteiger partial charge in [0.1, 0.15) is 18.2 Å². The van der Waals surface area contributed by atoms with Crippen molar-refractivity contribution >= 4 is 0 Å². The molecule has 0 saturated heterocycles. The number of aromatic nitrogens is 3. The van der Waals surface area contributed by atoms with Gasteiger partial charge in [-0.25, -0.2) is 0 Å². The molecule has 1 atom stereocenters. The molecule has 25 heavy (non-hydrogen) atoms. The molecule has 2 aromatic rings. The molecule has 0 saturated carbocycles. The van der Waals surface area contributed by atoms with E-state index in [4.69, 9.17) is 9.47 Å². The number of aryl methyl sites for hydroxylation is 2. The molecule has 0 amide bonds. The molecule has 0 bridgehead atoms. The van der Waals surface area contributed by atoms with E-state index in [1.165, 1.54) is 36.0 Å². The normalized spacial score (nSPS) is 21.8. The van der Waals surface area contributed by atoms with Crippen molar-refractivity contribution in [2.24, 2.45) is 0 Å². The van der Waals surface area contributed by atoms with Crippen LogP contribution in [0.1, 0.15) is 53.6 Å². The van der Waals surface area contributed by atoms with E-state index in [-0.39, 0.29) is 0 Å². The second kappa shape index (κ2) is 6.42. The standard InChI is InChI=1S/C19H24N4O2/c1-3-13-9-15-16(5-2-7-25-17(15)10-14(13)4-1)20-11-18-21-22-19-12-24-8-6-23(18)19/h9-10,16,20H,1-8,11-12H2. The van der Waals surface area contributed by atoms with Crippen molar-refractivity contribution in [3.05, 3.63) is 40.5 Å². The predicted octanol–water partition coefficient (Wildman–Crippen LogP) is 2.30. The van der Waals surface area contributed by atoms with Crippen molar-refractivity contribution in [2.75, 3.05) is 13.2 Å². The summed E-state index contributed by atoms with van der Waals surface area (Å²) in [5.74, 6) is 3.02. The summed E-state index contributed by atoms with van der Waals surface area (Å²) in [6.45, 7) is 3.69. The van der Waals surface area contributed by atoms with Crippen LogP contribution < -0.4 is 10.1 Å². The zero-order valence-electron chi connectivity index (χ0n) is 14.5. The van der Waals surface area contributed by atoms with Crippen LogP contribution in [0.5, 0.6) is 5.75 Å². The molecule has 6 nitrogen and oxygen atoms in total. The number of hydrogen-bond acceptors (Lipinski definition) is 5. The van der Waals surface area contributed by atoms with Crippen LogP contribution in [0, 0.1) is 0 Å². The fraction of sp³-hybridized carbons (Fsp3) is 0.579. The quantitative estimate of drug-likeness (QED) is 0.929. The highest BCUT2D eigenvalue weighted by molar-refractivity contribution is 5.46. The van der Waals surface area contributed by atoms with Crippen molar-refractivity contribution in [1.29, 1.82) is 0 Å². The van der Waals surface area contributed by atoms with E-state index in [0.717, 1.165) is 56.5 Å². The highest BCUT2D eigenvalue weighted by Gasteiger charge is 2.24. The van der Waals surface area contributed by atoms with E-state index in [2.05, 4.69) is 32.2 Å². The summed E-state index contributed by atoms with van der Waals surface area (Å²) in [6, 6.07) is 4.98. The molecule has 3 heterocycles. The van der Waals surface area contributed by atoms with E-state index < -0.39 is 0 Å². The average Bonchev–Trinajstić information content (AvgIpc) is 3.21. The minimum Gasteiger partial charge on any atom is -0.493 e. The largest absolute Gasteiger partial charge is 0.493 e. The first-order valence-corrected chi connectivity index (χ1v) is 9.39. The summed E-state index contributed by atoms with van der Waals surface area (Å²) in [5.41, 5.74) is 4.30. The van der Waals surface area contributed by atoms with Crippen LogP contribution in [0.2, 0.25) is 0 Å². The number of nitrogens with zero attached hydrogens (tertiary/aromatic N) is 3. The van der Waals surface area contributed by atoms with Gasteiger partial charge in [-0.05, 0) is 49.3 Å². The highest BCUT2D eigenvalue weighted by atomic mass is 16.5. The molecule has 5 rings (SSSR count). The summed E-state index contributed by atoms with van der Waals surface area (Å²) < 4.78 is 13.7. The van der Waals surface area contributed by atoms with Gasteiger partial charge in [0.05, 0.1) is 19.8 Å². The third-order valence-corrected chi connectivity index (χ3v) is 5.60. The second-order valence-corrected chi connectivity index (χ2v) is 7.17. The predicted molar refractivity (Wildman–Crippen MR) is 92.5 cm³/mol. The van der Waals surface area contributed by atoms with Crippen molar-refractivity contribution in [3.63, 3.8) is 0 Å². The Balaban J connectivity index is 1.38. The Morgan fingerprint density at radius 1 is 1.12 bits per heavy atom. The third kappa shape index (κ3) is 2.83. The second-order valence-electron chi connectivity index (χ2n) is 7.17. The Labute approximate surface area is 147 Å². The maximum absolute atomic E-state index is 6.04. The van der Waals surface area contributed by atoms with E-state index in [9.17, 15) is 0 Å². The zero-order chi connectivity index (χ0) is 16.6. The highest BCUT2D eigenvalue weighted by Crippen LogP contribution is 2.37. The first-order valence-electron chi connectivity index (χ1n) is 9.39. The number of ether oxygens (including phenoxy) is 2. The molecule has 2 aliphatic heterocycles. The molecule has 1 N–H and O–H groups in total. The molecule has 1 aromatic carbocycles. The Morgan fingerprint density at radius 2 is 2.04 bits per heavy atom. The number of fused-ring (bicyclic) bond motifs is 3. The molecule has 0 fully saturated rings. The molecular formula is C19H24N4O2. The van der Waals surface area contributed by atoms with Crippen LogP contribution in [0.15, 0.2) is 12.1 Å². The Kier molecular flexibility index (Phi) is 3.94. The van der Waals surface area contributed by atoms with Gasteiger partial charge >= 0.3 is 0 Å². The molecule has 0 spiro atoms. The van der Waals surface area contributed by atoms with Gasteiger partial charge in [0.2, 0.25) is 0 Å². The minimum atomic E-state index is 0.316. The number of nitrogens with one attached hydrogen (secondary N) is 1. The third-order valence-electron chi connectivity index (χ3n) is 5.60. The molecule has 1 aromatic heterocycles. The van der Waals surface area contributed by atoms with Crippen molar-refractivity contribution in [1.82, 2.24) is 20.1 Å². The van der Waals surface area contributed by atoms with Gasteiger partial charge < -0.3 is 19.4 Å². The molecule has 1 unspecified atom stereocenters. The average molecular weight is 340 g/mol. The summed E-state index contributed by atoms with van der Waals surface area (Å²) in [4.78, 5) is 0. The zero-order valence-corrected chi connectivity index (χ0v) is 14.5. The van der Waals surface area contributed by atoms with Crippen molar-refractivity contribution < 1.29 is 9.47 Å². The van der Waals surface area contributed by atoms with Crippen LogP contribution in [-0.2, 0) is 37.3 Å². The van der Waals surface area contributed by atoms with Gasteiger partial charge in [0, 0.05) is 18.2 Å². The summed E-state index contributed by atoms with van der Waals surface area (Å²) in [7, 11) is 0. The maximum atomic E-state index is 6.04. The Morgan fingerprint density at radius 3 is 3.00 bits per heavy atom. The fourth-order valence-electron chi connectivity index (χ4n) is 4.26. The SMILES string of the molecule is c1c2c(cc3c1OCCCC3NCc1nnc3n1CCOC3)CCC2. The fourth-order valence-corrected chi connectivity index (χ4v) is 4.26. The van der Waals surface area contributed by atoms with Gasteiger partial charge in [-0.3, -0.25) is 0 Å². The van der Waals surface area contributed by atoms with E-state index in [1.54, 1.807) is 0 Å². The van der Waals surface area contributed by atoms with E-state index in [0.29, 0.717) is 12.6 Å². The molecule has 0 radical (unpaired) electrons. The van der Waals surface area contributed by atoms with E-state index in [1.807, 2.05) is 0 Å². The molecular weight excluding hydrogens is 316 g/mol. The first-order chi connectivity index (χ1) is 12.4. The van der Waals surface area contributed by atoms with Crippen LogP contribution in [0.4, 0.5) is 0 Å². The number of benzene rings is 1. The van der Waals surface area contributed by atoms with Crippen LogP contribution in [-0.4, -0.2) is 28.0 Å². The maximum Gasteiger partial charge on any atom is 0.159 e. The van der Waals surface area contributed by atoms with Gasteiger partial charge in [-0.15, -0.1) is 10.2 Å². The topological polar surface area (TPSA) is 61.2 Å². The van der Waals surface area contributed by atoms with Crippen molar-refractivity contribution in [3.8, 4) is 5.75 Å². The summed E-state index contributed by atoms with van der Waals surface area (Å²) >= 11 is 0. The smallest absolute Gasteiger partial charge is 0.159 e. The lowest BCUT2D eigenvalue weighted by atomic mass is 9.97. The molecule has 6 heteroatoms. The lowest BCUT2D eigenvalue weighted by Crippen LogP contribution is -2.25. The first kappa shape index (κ1) is 15.3. The molecule has 132 valence electrons. The Bertz CT molecular complexity index is 786. The van der Waals surface area contributed by atoms with Crippen molar-refractivity contribution in [2.45, 2.75) is 57.8 Å². The minimum absolute atomic E-state index is 0.316. The van der Waals surface area contributed by atoms with Crippen LogP contribution in [0.3, 0.4) is 0 Å². The van der Waals surface area contributed by atoms with Gasteiger partial charge in [-0.2, -0.15) is 0 Å². The summed E-state index contributed by atoms with van der Waals surface area (Å²) in [6.07, 6.45) is 5.83.